The number of hydrogen-bond acceptors (Lipinski definition) is 5. The minimum atomic E-state index is -1.03. The molecular weight excluding hydrogens is 234 g/mol. The van der Waals surface area contributed by atoms with E-state index in [-0.39, 0.29) is 5.56 Å². The first kappa shape index (κ1) is 12.0. The van der Waals surface area contributed by atoms with E-state index in [9.17, 15) is 4.79 Å². The number of rotatable bonds is 4. The molecule has 0 atom stereocenters. The monoisotopic (exact) mass is 245 g/mol. The summed E-state index contributed by atoms with van der Waals surface area (Å²) in [5.74, 6) is 0.0560. The topological polar surface area (TPSA) is 85.2 Å². The van der Waals surface area contributed by atoms with Gasteiger partial charge in [-0.05, 0) is 5.56 Å². The van der Waals surface area contributed by atoms with Crippen LogP contribution in [0.4, 0.5) is 0 Å². The predicted molar refractivity (Wildman–Crippen MR) is 62.6 cm³/mol. The van der Waals surface area contributed by atoms with Crippen molar-refractivity contribution in [2.45, 2.75) is 6.42 Å². The number of aromatic nitrogens is 3. The van der Waals surface area contributed by atoms with Crippen LogP contribution in [0.25, 0.3) is 0 Å². The maximum atomic E-state index is 10.6. The summed E-state index contributed by atoms with van der Waals surface area (Å²) in [6, 6.07) is 3.61. The Kier molecular flexibility index (Phi) is 3.47. The largest absolute Gasteiger partial charge is 0.481 e. The van der Waals surface area contributed by atoms with Crippen LogP contribution in [0.2, 0.25) is 0 Å². The molecule has 2 aromatic heterocycles. The normalized spacial score (nSPS) is 10.1. The average Bonchev–Trinajstić information content (AvgIpc) is 2.40. The molecule has 0 bridgehead atoms. The summed E-state index contributed by atoms with van der Waals surface area (Å²) in [6.07, 6.45) is 4.76. The van der Waals surface area contributed by atoms with Crippen LogP contribution in [-0.2, 0) is 6.42 Å². The van der Waals surface area contributed by atoms with Crippen LogP contribution in [0.1, 0.15) is 21.7 Å². The first-order chi connectivity index (χ1) is 8.69. The summed E-state index contributed by atoms with van der Waals surface area (Å²) >= 11 is 0. The van der Waals surface area contributed by atoms with Crippen molar-refractivity contribution in [3.8, 4) is 5.88 Å². The number of aromatic carboxylic acids is 1. The number of pyridine rings is 1. The number of carbonyl (C=O) groups is 1. The van der Waals surface area contributed by atoms with Gasteiger partial charge in [0.25, 0.3) is 0 Å². The third-order valence-electron chi connectivity index (χ3n) is 2.32. The zero-order valence-electron chi connectivity index (χ0n) is 9.70. The molecule has 2 heterocycles. The Labute approximate surface area is 103 Å². The van der Waals surface area contributed by atoms with E-state index in [4.69, 9.17) is 9.84 Å². The molecule has 18 heavy (non-hydrogen) atoms. The van der Waals surface area contributed by atoms with Gasteiger partial charge < -0.3 is 9.84 Å². The summed E-state index contributed by atoms with van der Waals surface area (Å²) in [6.45, 7) is 0. The number of ether oxygens (including phenoxy) is 1. The highest BCUT2D eigenvalue weighted by atomic mass is 16.5. The number of carboxylic acid groups (broad SMARTS) is 1. The molecule has 0 amide bonds. The summed E-state index contributed by atoms with van der Waals surface area (Å²) in [4.78, 5) is 22.7. The highest BCUT2D eigenvalue weighted by Crippen LogP contribution is 2.09. The van der Waals surface area contributed by atoms with Gasteiger partial charge in [0.2, 0.25) is 5.88 Å². The van der Waals surface area contributed by atoms with Crippen LogP contribution < -0.4 is 4.74 Å². The Bertz CT molecular complexity index is 537. The van der Waals surface area contributed by atoms with Crippen LogP contribution in [0.5, 0.6) is 5.88 Å². The van der Waals surface area contributed by atoms with Crippen molar-refractivity contribution in [3.63, 3.8) is 0 Å². The number of nitrogens with zero attached hydrogens (tertiary/aromatic N) is 3. The van der Waals surface area contributed by atoms with E-state index in [0.29, 0.717) is 18.1 Å². The van der Waals surface area contributed by atoms with Gasteiger partial charge in [0, 0.05) is 31.1 Å². The highest BCUT2D eigenvalue weighted by Gasteiger charge is 2.05. The molecule has 0 saturated carbocycles. The highest BCUT2D eigenvalue weighted by molar-refractivity contribution is 5.86. The number of hydrogen-bond donors (Lipinski definition) is 1. The van der Waals surface area contributed by atoms with Crippen molar-refractivity contribution in [2.24, 2.45) is 0 Å². The molecule has 0 aliphatic heterocycles. The SMILES string of the molecule is COc1ccc(Cc2ncc(C(=O)O)cn2)cn1. The summed E-state index contributed by atoms with van der Waals surface area (Å²) in [7, 11) is 1.55. The summed E-state index contributed by atoms with van der Waals surface area (Å²) in [5.41, 5.74) is 1.01. The van der Waals surface area contributed by atoms with Gasteiger partial charge in [-0.2, -0.15) is 0 Å². The van der Waals surface area contributed by atoms with Crippen molar-refractivity contribution in [3.05, 3.63) is 47.7 Å². The molecule has 92 valence electrons. The zero-order chi connectivity index (χ0) is 13.0. The lowest BCUT2D eigenvalue weighted by atomic mass is 10.2. The van der Waals surface area contributed by atoms with Gasteiger partial charge in [0.15, 0.2) is 0 Å². The first-order valence-electron chi connectivity index (χ1n) is 5.22. The second kappa shape index (κ2) is 5.22. The van der Waals surface area contributed by atoms with Gasteiger partial charge in [0.1, 0.15) is 5.82 Å². The minimum absolute atomic E-state index is 0.0756. The lowest BCUT2D eigenvalue weighted by Crippen LogP contribution is -2.02. The van der Waals surface area contributed by atoms with Gasteiger partial charge >= 0.3 is 5.97 Å². The maximum absolute atomic E-state index is 10.6. The second-order valence-corrected chi connectivity index (χ2v) is 3.58. The van der Waals surface area contributed by atoms with Crippen molar-refractivity contribution in [1.82, 2.24) is 15.0 Å². The van der Waals surface area contributed by atoms with Crippen LogP contribution in [0, 0.1) is 0 Å². The molecule has 1 N–H and O–H groups in total. The van der Waals surface area contributed by atoms with Crippen LogP contribution in [0.3, 0.4) is 0 Å². The Hall–Kier alpha value is -2.50. The first-order valence-corrected chi connectivity index (χ1v) is 5.22. The van der Waals surface area contributed by atoms with E-state index in [0.717, 1.165) is 5.56 Å². The summed E-state index contributed by atoms with van der Waals surface area (Å²) < 4.78 is 4.95. The van der Waals surface area contributed by atoms with E-state index < -0.39 is 5.97 Å². The third-order valence-corrected chi connectivity index (χ3v) is 2.32. The molecule has 0 radical (unpaired) electrons. The Balaban J connectivity index is 2.10. The molecule has 0 spiro atoms. The Morgan fingerprint density at radius 3 is 2.44 bits per heavy atom. The van der Waals surface area contributed by atoms with E-state index in [1.54, 1.807) is 19.4 Å². The minimum Gasteiger partial charge on any atom is -0.481 e. The van der Waals surface area contributed by atoms with Crippen molar-refractivity contribution < 1.29 is 14.6 Å². The van der Waals surface area contributed by atoms with E-state index in [2.05, 4.69) is 15.0 Å². The van der Waals surface area contributed by atoms with Crippen molar-refractivity contribution in [1.29, 1.82) is 0 Å². The molecule has 0 aromatic carbocycles. The van der Waals surface area contributed by atoms with E-state index >= 15 is 0 Å². The second-order valence-electron chi connectivity index (χ2n) is 3.58. The molecule has 0 aliphatic rings. The molecule has 0 aliphatic carbocycles. The fraction of sp³-hybridized carbons (Fsp3) is 0.167. The van der Waals surface area contributed by atoms with Gasteiger partial charge in [-0.15, -0.1) is 0 Å². The predicted octanol–water partition coefficient (Wildman–Crippen LogP) is 1.17. The van der Waals surface area contributed by atoms with Gasteiger partial charge in [-0.25, -0.2) is 19.7 Å². The molecule has 6 nitrogen and oxygen atoms in total. The molecule has 0 fully saturated rings. The Morgan fingerprint density at radius 1 is 1.22 bits per heavy atom. The lowest BCUT2D eigenvalue weighted by Gasteiger charge is -2.02. The Morgan fingerprint density at radius 2 is 1.94 bits per heavy atom. The third kappa shape index (κ3) is 2.79. The van der Waals surface area contributed by atoms with Crippen LogP contribution in [0.15, 0.2) is 30.7 Å². The smallest absolute Gasteiger partial charge is 0.338 e. The maximum Gasteiger partial charge on any atom is 0.338 e. The standard InChI is InChI=1S/C12H11N3O3/c1-18-11-3-2-8(5-15-11)4-10-13-6-9(7-14-10)12(16)17/h2-3,5-7H,4H2,1H3,(H,16,17). The fourth-order valence-corrected chi connectivity index (χ4v) is 1.38. The molecular formula is C12H11N3O3. The zero-order valence-corrected chi connectivity index (χ0v) is 9.70. The molecule has 6 heteroatoms. The van der Waals surface area contributed by atoms with Crippen molar-refractivity contribution >= 4 is 5.97 Å². The van der Waals surface area contributed by atoms with Gasteiger partial charge in [-0.3, -0.25) is 0 Å². The molecule has 2 aromatic rings. The van der Waals surface area contributed by atoms with Gasteiger partial charge in [-0.1, -0.05) is 6.07 Å². The molecule has 0 saturated heterocycles. The number of carboxylic acids is 1. The van der Waals surface area contributed by atoms with Crippen LogP contribution in [-0.4, -0.2) is 33.1 Å². The quantitative estimate of drug-likeness (QED) is 0.870. The van der Waals surface area contributed by atoms with E-state index in [1.165, 1.54) is 12.4 Å². The fourth-order valence-electron chi connectivity index (χ4n) is 1.38. The van der Waals surface area contributed by atoms with E-state index in [1.807, 2.05) is 6.07 Å². The summed E-state index contributed by atoms with van der Waals surface area (Å²) in [5, 5.41) is 8.72. The molecule has 2 rings (SSSR count). The van der Waals surface area contributed by atoms with Gasteiger partial charge in [0.05, 0.1) is 12.7 Å². The van der Waals surface area contributed by atoms with Crippen LogP contribution >= 0.6 is 0 Å². The lowest BCUT2D eigenvalue weighted by molar-refractivity contribution is 0.0696. The van der Waals surface area contributed by atoms with Crippen molar-refractivity contribution in [2.75, 3.05) is 7.11 Å². The average molecular weight is 245 g/mol. The molecule has 0 unspecified atom stereocenters. The number of methoxy groups -OCH3 is 1.